The molecular weight excluding hydrogens is 776 g/mol. The maximum absolute atomic E-state index is 12.9. The summed E-state index contributed by atoms with van der Waals surface area (Å²) in [6, 6.07) is 0. The van der Waals surface area contributed by atoms with E-state index in [9.17, 15) is 40.5 Å². The second-order valence-electron chi connectivity index (χ2n) is 15.5. The summed E-state index contributed by atoms with van der Waals surface area (Å²) in [6.07, 6.45) is 21.6. The monoisotopic (exact) mass is 855 g/mol. The second kappa shape index (κ2) is 34.2. The normalized spacial score (nSPS) is 28.3. The third-order valence-corrected chi connectivity index (χ3v) is 10.3. The Kier molecular flexibility index (Phi) is 30.7. The van der Waals surface area contributed by atoms with Gasteiger partial charge < -0.3 is 64.2 Å². The van der Waals surface area contributed by atoms with Gasteiger partial charge in [0.05, 0.1) is 26.4 Å². The molecule has 60 heavy (non-hydrogen) atoms. The molecule has 0 aliphatic carbocycles. The smallest absolute Gasteiger partial charge is 0.306 e. The molecule has 346 valence electrons. The van der Waals surface area contributed by atoms with E-state index in [0.717, 1.165) is 51.4 Å². The van der Waals surface area contributed by atoms with Crippen LogP contribution in [0, 0.1) is 0 Å². The van der Waals surface area contributed by atoms with Gasteiger partial charge in [-0.25, -0.2) is 0 Å². The molecule has 0 aromatic carbocycles. The maximum Gasteiger partial charge on any atom is 0.306 e. The molecule has 2 rings (SSSR count). The van der Waals surface area contributed by atoms with Crippen LogP contribution >= 0.6 is 0 Å². The van der Waals surface area contributed by atoms with Crippen molar-refractivity contribution in [3.63, 3.8) is 0 Å². The number of rotatable bonds is 33. The van der Waals surface area contributed by atoms with E-state index in [0.29, 0.717) is 19.4 Å². The summed E-state index contributed by atoms with van der Waals surface area (Å²) < 4.78 is 34.0. The number of hydrogen-bond acceptors (Lipinski definition) is 14. The zero-order valence-corrected chi connectivity index (χ0v) is 36.2. The quantitative estimate of drug-likeness (QED) is 0.0263. The molecule has 0 saturated carbocycles. The molecule has 14 nitrogen and oxygen atoms in total. The first-order valence-electron chi connectivity index (χ1n) is 22.4. The van der Waals surface area contributed by atoms with Crippen LogP contribution in [0.3, 0.4) is 0 Å². The summed E-state index contributed by atoms with van der Waals surface area (Å²) in [5.41, 5.74) is 0. The lowest BCUT2D eigenvalue weighted by Gasteiger charge is -2.42. The summed E-state index contributed by atoms with van der Waals surface area (Å²) in [6.45, 7) is 3.44. The number of carbonyl (C=O) groups excluding carboxylic acids is 1. The van der Waals surface area contributed by atoms with Crippen LogP contribution in [0.25, 0.3) is 0 Å². The van der Waals surface area contributed by atoms with Gasteiger partial charge >= 0.3 is 5.97 Å². The SMILES string of the molecule is CC/C=C\C/C=C\C/C=C\C/C=C\C/C=C\CCCC(=O)OC(COCCCCCCCCCCC)COC1OC(COC2OC(CO)C(O)C(O)C2O)C(O)C(O)C1O. The Morgan fingerprint density at radius 1 is 0.567 bits per heavy atom. The van der Waals surface area contributed by atoms with E-state index in [1.54, 1.807) is 0 Å². The van der Waals surface area contributed by atoms with Gasteiger partial charge in [-0.1, -0.05) is 126 Å². The van der Waals surface area contributed by atoms with E-state index < -0.39 is 86.7 Å². The lowest BCUT2D eigenvalue weighted by molar-refractivity contribution is -0.332. The molecule has 0 radical (unpaired) electrons. The Labute approximate surface area is 358 Å². The summed E-state index contributed by atoms with van der Waals surface area (Å²) in [4.78, 5) is 12.9. The van der Waals surface area contributed by atoms with Crippen molar-refractivity contribution in [1.82, 2.24) is 0 Å². The van der Waals surface area contributed by atoms with Gasteiger partial charge in [0.2, 0.25) is 0 Å². The van der Waals surface area contributed by atoms with Crippen molar-refractivity contribution in [3.8, 4) is 0 Å². The van der Waals surface area contributed by atoms with Crippen molar-refractivity contribution in [2.45, 2.75) is 191 Å². The molecule has 11 atom stereocenters. The highest BCUT2D eigenvalue weighted by atomic mass is 16.7. The number of ether oxygens (including phenoxy) is 6. The van der Waals surface area contributed by atoms with E-state index in [-0.39, 0.29) is 19.6 Å². The van der Waals surface area contributed by atoms with Crippen molar-refractivity contribution in [2.75, 3.05) is 33.0 Å². The van der Waals surface area contributed by atoms with Crippen molar-refractivity contribution in [1.29, 1.82) is 0 Å². The van der Waals surface area contributed by atoms with Gasteiger partial charge in [0.15, 0.2) is 12.6 Å². The highest BCUT2D eigenvalue weighted by Crippen LogP contribution is 2.26. The number of allylic oxidation sites excluding steroid dienone is 10. The Morgan fingerprint density at radius 3 is 1.63 bits per heavy atom. The summed E-state index contributed by atoms with van der Waals surface area (Å²) in [7, 11) is 0. The minimum atomic E-state index is -1.72. The maximum atomic E-state index is 12.9. The molecule has 2 aliphatic rings. The molecule has 2 fully saturated rings. The van der Waals surface area contributed by atoms with E-state index in [1.807, 2.05) is 6.08 Å². The molecule has 0 aromatic rings. The number of carbonyl (C=O) groups is 1. The van der Waals surface area contributed by atoms with Crippen LogP contribution in [0.1, 0.15) is 123 Å². The van der Waals surface area contributed by atoms with Crippen molar-refractivity contribution < 1.29 is 69.0 Å². The minimum absolute atomic E-state index is 0.0369. The van der Waals surface area contributed by atoms with E-state index in [4.69, 9.17) is 28.4 Å². The predicted octanol–water partition coefficient (Wildman–Crippen LogP) is 5.01. The number of esters is 1. The predicted molar refractivity (Wildman–Crippen MR) is 229 cm³/mol. The van der Waals surface area contributed by atoms with E-state index in [1.165, 1.54) is 38.5 Å². The lowest BCUT2D eigenvalue weighted by atomic mass is 9.98. The second-order valence-corrected chi connectivity index (χ2v) is 15.5. The topological polar surface area (TPSA) is 214 Å². The highest BCUT2D eigenvalue weighted by Gasteiger charge is 2.47. The minimum Gasteiger partial charge on any atom is -0.457 e. The third-order valence-electron chi connectivity index (χ3n) is 10.3. The van der Waals surface area contributed by atoms with Crippen LogP contribution in [0.5, 0.6) is 0 Å². The number of unbranched alkanes of at least 4 members (excludes halogenated alkanes) is 9. The fourth-order valence-corrected chi connectivity index (χ4v) is 6.61. The van der Waals surface area contributed by atoms with Crippen LogP contribution in [-0.4, -0.2) is 142 Å². The van der Waals surface area contributed by atoms with Crippen LogP contribution in [0.2, 0.25) is 0 Å². The third kappa shape index (κ3) is 22.7. The molecule has 2 heterocycles. The molecule has 0 aromatic heterocycles. The Morgan fingerprint density at radius 2 is 1.07 bits per heavy atom. The first-order valence-corrected chi connectivity index (χ1v) is 22.4. The van der Waals surface area contributed by atoms with Crippen LogP contribution in [0.4, 0.5) is 0 Å². The fourth-order valence-electron chi connectivity index (χ4n) is 6.61. The molecule has 0 spiro atoms. The van der Waals surface area contributed by atoms with Gasteiger partial charge in [-0.2, -0.15) is 0 Å². The van der Waals surface area contributed by atoms with Gasteiger partial charge in [0.25, 0.3) is 0 Å². The summed E-state index contributed by atoms with van der Waals surface area (Å²) >= 11 is 0. The number of aliphatic hydroxyl groups excluding tert-OH is 7. The average Bonchev–Trinajstić information content (AvgIpc) is 3.24. The van der Waals surface area contributed by atoms with Crippen LogP contribution in [0.15, 0.2) is 60.8 Å². The average molecular weight is 855 g/mol. The molecular formula is C46H78O14. The summed E-state index contributed by atoms with van der Waals surface area (Å²) in [5, 5.41) is 71.8. The van der Waals surface area contributed by atoms with Crippen LogP contribution < -0.4 is 0 Å². The molecule has 2 saturated heterocycles. The van der Waals surface area contributed by atoms with Crippen LogP contribution in [-0.2, 0) is 33.2 Å². The molecule has 0 amide bonds. The van der Waals surface area contributed by atoms with Gasteiger partial charge in [0.1, 0.15) is 54.9 Å². The first-order chi connectivity index (χ1) is 29.1. The standard InChI is InChI=1S/C46H78O14/c1-3-5-7-9-11-13-14-15-16-17-18-19-20-21-23-25-27-29-38(48)58-35(32-55-30-28-26-24-22-12-10-8-6-4-2)33-56-45-44(54)42(52)40(50)37(60-45)34-57-46-43(53)41(51)39(49)36(31-47)59-46/h5,7,11,13,15-16,18-19,21,23,35-37,39-47,49-54H,3-4,6,8-10,12,14,17,20,22,24-34H2,1-2H3/b7-5-,13-11-,16-15-,19-18-,23-21-. The van der Waals surface area contributed by atoms with Gasteiger partial charge in [-0.3, -0.25) is 4.79 Å². The molecule has 2 aliphatic heterocycles. The Balaban J connectivity index is 1.84. The molecule has 7 N–H and O–H groups in total. The molecule has 11 unspecified atom stereocenters. The molecule has 14 heteroatoms. The highest BCUT2D eigenvalue weighted by molar-refractivity contribution is 5.69. The van der Waals surface area contributed by atoms with Crippen molar-refractivity contribution in [2.24, 2.45) is 0 Å². The number of aliphatic hydroxyl groups is 7. The van der Waals surface area contributed by atoms with Crippen molar-refractivity contribution in [3.05, 3.63) is 60.8 Å². The van der Waals surface area contributed by atoms with Gasteiger partial charge in [-0.05, 0) is 51.4 Å². The van der Waals surface area contributed by atoms with Gasteiger partial charge in [-0.15, -0.1) is 0 Å². The van der Waals surface area contributed by atoms with E-state index in [2.05, 4.69) is 68.5 Å². The number of hydrogen-bond donors (Lipinski definition) is 7. The lowest BCUT2D eigenvalue weighted by Crippen LogP contribution is -2.61. The zero-order chi connectivity index (χ0) is 43.8. The Hall–Kier alpha value is -2.31. The van der Waals surface area contributed by atoms with Crippen molar-refractivity contribution >= 4 is 5.97 Å². The fraction of sp³-hybridized carbons (Fsp3) is 0.761. The largest absolute Gasteiger partial charge is 0.457 e. The zero-order valence-electron chi connectivity index (χ0n) is 36.2. The van der Waals surface area contributed by atoms with E-state index >= 15 is 0 Å². The molecule has 0 bridgehead atoms. The summed E-state index contributed by atoms with van der Waals surface area (Å²) in [5.74, 6) is -0.436. The van der Waals surface area contributed by atoms with Gasteiger partial charge in [0, 0.05) is 13.0 Å². The first kappa shape index (κ1) is 53.8. The Bertz CT molecular complexity index is 1220.